The summed E-state index contributed by atoms with van der Waals surface area (Å²) >= 11 is 5.96. The van der Waals surface area contributed by atoms with Crippen LogP contribution in [0.5, 0.6) is 17.2 Å². The minimum Gasteiger partial charge on any atom is -0.494 e. The van der Waals surface area contributed by atoms with Gasteiger partial charge < -0.3 is 19.5 Å². The van der Waals surface area contributed by atoms with E-state index in [0.29, 0.717) is 34.2 Å². The molecule has 0 aliphatic carbocycles. The number of ether oxygens (including phenoxy) is 3. The smallest absolute Gasteiger partial charge is 0.343 e. The Morgan fingerprint density at radius 2 is 1.71 bits per heavy atom. The second-order valence-corrected chi connectivity index (χ2v) is 7.30. The molecular formula is C25H22ClN3O6. The average molecular weight is 496 g/mol. The lowest BCUT2D eigenvalue weighted by atomic mass is 10.2. The number of benzene rings is 3. The summed E-state index contributed by atoms with van der Waals surface area (Å²) in [7, 11) is 1.42. The standard InChI is InChI=1S/C25H22ClN3O6/c1-3-34-18-11-9-17(10-12-18)25(32)35-21-13-8-16(14-22(21)33-2)15-27-29-24(31)23(30)28-20-7-5-4-6-19(20)26/h4-15H,3H2,1-2H3,(H,28,30)(H,29,31)/b27-15+. The lowest BCUT2D eigenvalue weighted by Crippen LogP contribution is -2.32. The molecule has 3 aromatic carbocycles. The third kappa shape index (κ3) is 7.05. The number of nitrogens with one attached hydrogen (secondary N) is 2. The van der Waals surface area contributed by atoms with Gasteiger partial charge in [0.25, 0.3) is 0 Å². The van der Waals surface area contributed by atoms with E-state index in [4.69, 9.17) is 25.8 Å². The molecule has 0 fully saturated rings. The first-order valence-corrected chi connectivity index (χ1v) is 10.8. The predicted octanol–water partition coefficient (Wildman–Crippen LogP) is 4.06. The quantitative estimate of drug-likeness (QED) is 0.160. The van der Waals surface area contributed by atoms with Crippen molar-refractivity contribution in [2.75, 3.05) is 19.0 Å². The summed E-state index contributed by atoms with van der Waals surface area (Å²) in [5, 5.41) is 6.46. The minimum atomic E-state index is -0.978. The summed E-state index contributed by atoms with van der Waals surface area (Å²) in [6.07, 6.45) is 1.31. The van der Waals surface area contributed by atoms with E-state index in [9.17, 15) is 14.4 Å². The molecule has 0 aliphatic heterocycles. The van der Waals surface area contributed by atoms with Gasteiger partial charge in [0, 0.05) is 0 Å². The van der Waals surface area contributed by atoms with Crippen LogP contribution in [0, 0.1) is 0 Å². The van der Waals surface area contributed by atoms with Gasteiger partial charge in [0.05, 0.1) is 36.2 Å². The average Bonchev–Trinajstić information content (AvgIpc) is 2.86. The second-order valence-electron chi connectivity index (χ2n) is 6.89. The number of anilines is 1. The first kappa shape index (κ1) is 25.3. The molecule has 3 rings (SSSR count). The zero-order valence-electron chi connectivity index (χ0n) is 18.9. The zero-order chi connectivity index (χ0) is 25.2. The maximum atomic E-state index is 12.5. The van der Waals surface area contributed by atoms with Gasteiger partial charge in [0.2, 0.25) is 0 Å². The fraction of sp³-hybridized carbons (Fsp3) is 0.120. The molecule has 0 radical (unpaired) electrons. The highest BCUT2D eigenvalue weighted by atomic mass is 35.5. The number of hydrazone groups is 1. The zero-order valence-corrected chi connectivity index (χ0v) is 19.7. The van der Waals surface area contributed by atoms with Crippen LogP contribution in [0.25, 0.3) is 0 Å². The van der Waals surface area contributed by atoms with E-state index >= 15 is 0 Å². The van der Waals surface area contributed by atoms with Gasteiger partial charge in [-0.2, -0.15) is 5.10 Å². The van der Waals surface area contributed by atoms with Gasteiger partial charge in [0.15, 0.2) is 11.5 Å². The van der Waals surface area contributed by atoms with Crippen LogP contribution in [-0.4, -0.2) is 37.7 Å². The normalized spacial score (nSPS) is 10.5. The number of carbonyl (C=O) groups excluding carboxylic acids is 3. The van der Waals surface area contributed by atoms with Crippen LogP contribution in [0.2, 0.25) is 5.02 Å². The van der Waals surface area contributed by atoms with Crippen molar-refractivity contribution in [2.24, 2.45) is 5.10 Å². The summed E-state index contributed by atoms with van der Waals surface area (Å²) in [5.41, 5.74) is 3.30. The van der Waals surface area contributed by atoms with E-state index in [2.05, 4.69) is 15.8 Å². The van der Waals surface area contributed by atoms with E-state index in [0.717, 1.165) is 0 Å². The number of carbonyl (C=O) groups is 3. The van der Waals surface area contributed by atoms with E-state index in [1.807, 2.05) is 6.92 Å². The fourth-order valence-corrected chi connectivity index (χ4v) is 3.00. The van der Waals surface area contributed by atoms with E-state index in [1.165, 1.54) is 19.4 Å². The third-order valence-corrected chi connectivity index (χ3v) is 4.83. The van der Waals surface area contributed by atoms with E-state index in [1.54, 1.807) is 60.7 Å². The topological polar surface area (TPSA) is 115 Å². The molecule has 3 aromatic rings. The minimum absolute atomic E-state index is 0.201. The van der Waals surface area contributed by atoms with Gasteiger partial charge in [-0.3, -0.25) is 9.59 Å². The van der Waals surface area contributed by atoms with Gasteiger partial charge in [-0.1, -0.05) is 23.7 Å². The molecule has 9 nitrogen and oxygen atoms in total. The largest absolute Gasteiger partial charge is 0.494 e. The lowest BCUT2D eigenvalue weighted by molar-refractivity contribution is -0.136. The predicted molar refractivity (Wildman–Crippen MR) is 131 cm³/mol. The van der Waals surface area contributed by atoms with Crippen LogP contribution in [0.4, 0.5) is 5.69 Å². The molecule has 0 saturated carbocycles. The number of methoxy groups -OCH3 is 1. The number of halogens is 1. The maximum absolute atomic E-state index is 12.5. The number of nitrogens with zero attached hydrogens (tertiary/aromatic N) is 1. The lowest BCUT2D eigenvalue weighted by Gasteiger charge is -2.10. The molecule has 2 amide bonds. The number of esters is 1. The molecule has 0 unspecified atom stereocenters. The highest BCUT2D eigenvalue weighted by Crippen LogP contribution is 2.28. The molecular weight excluding hydrogens is 474 g/mol. The Balaban J connectivity index is 1.60. The molecule has 0 saturated heterocycles. The third-order valence-electron chi connectivity index (χ3n) is 4.50. The first-order chi connectivity index (χ1) is 16.9. The Labute approximate surface area is 206 Å². The Hall–Kier alpha value is -4.37. The van der Waals surface area contributed by atoms with Gasteiger partial charge in [0.1, 0.15) is 5.75 Å². The number of amides is 2. The first-order valence-electron chi connectivity index (χ1n) is 10.4. The van der Waals surface area contributed by atoms with Gasteiger partial charge in [-0.05, 0) is 67.1 Å². The van der Waals surface area contributed by atoms with Crippen molar-refractivity contribution in [1.82, 2.24) is 5.43 Å². The highest BCUT2D eigenvalue weighted by molar-refractivity contribution is 6.41. The van der Waals surface area contributed by atoms with E-state index in [-0.39, 0.29) is 11.5 Å². The van der Waals surface area contributed by atoms with Crippen LogP contribution in [0.15, 0.2) is 71.8 Å². The monoisotopic (exact) mass is 495 g/mol. The Bertz CT molecular complexity index is 1240. The van der Waals surface area contributed by atoms with Gasteiger partial charge in [-0.25, -0.2) is 10.2 Å². The molecule has 35 heavy (non-hydrogen) atoms. The van der Waals surface area contributed by atoms with Gasteiger partial charge >= 0.3 is 17.8 Å². The Morgan fingerprint density at radius 1 is 0.971 bits per heavy atom. The highest BCUT2D eigenvalue weighted by Gasteiger charge is 2.15. The van der Waals surface area contributed by atoms with Crippen molar-refractivity contribution in [3.8, 4) is 17.2 Å². The molecule has 0 spiro atoms. The molecule has 10 heteroatoms. The molecule has 0 aromatic heterocycles. The molecule has 2 N–H and O–H groups in total. The van der Waals surface area contributed by atoms with Crippen LogP contribution in [0.3, 0.4) is 0 Å². The van der Waals surface area contributed by atoms with Crippen molar-refractivity contribution in [2.45, 2.75) is 6.92 Å². The Morgan fingerprint density at radius 3 is 2.40 bits per heavy atom. The summed E-state index contributed by atoms with van der Waals surface area (Å²) < 4.78 is 16.1. The fourth-order valence-electron chi connectivity index (χ4n) is 2.82. The number of hydrogen-bond donors (Lipinski definition) is 2. The maximum Gasteiger partial charge on any atom is 0.343 e. The SMILES string of the molecule is CCOc1ccc(C(=O)Oc2ccc(/C=N/NC(=O)C(=O)Nc3ccccc3Cl)cc2OC)cc1. The number of rotatable bonds is 8. The second kappa shape index (κ2) is 12.2. The van der Waals surface area contributed by atoms with Crippen molar-refractivity contribution in [3.63, 3.8) is 0 Å². The summed E-state index contributed by atoms with van der Waals surface area (Å²) in [6.45, 7) is 2.39. The number of para-hydroxylation sites is 1. The van der Waals surface area contributed by atoms with Crippen molar-refractivity contribution < 1.29 is 28.6 Å². The molecule has 0 bridgehead atoms. The molecule has 180 valence electrons. The van der Waals surface area contributed by atoms with Crippen LogP contribution >= 0.6 is 11.6 Å². The van der Waals surface area contributed by atoms with Gasteiger partial charge in [-0.15, -0.1) is 0 Å². The summed E-state index contributed by atoms with van der Waals surface area (Å²) in [4.78, 5) is 36.4. The van der Waals surface area contributed by atoms with Crippen LogP contribution in [0.1, 0.15) is 22.8 Å². The van der Waals surface area contributed by atoms with Crippen molar-refractivity contribution in [1.29, 1.82) is 0 Å². The van der Waals surface area contributed by atoms with Crippen LogP contribution < -0.4 is 25.0 Å². The van der Waals surface area contributed by atoms with Crippen LogP contribution in [-0.2, 0) is 9.59 Å². The molecule has 0 aliphatic rings. The molecule has 0 atom stereocenters. The van der Waals surface area contributed by atoms with E-state index < -0.39 is 17.8 Å². The van der Waals surface area contributed by atoms with Crippen molar-refractivity contribution >= 4 is 41.3 Å². The summed E-state index contributed by atoms with van der Waals surface area (Å²) in [5.74, 6) is -1.34. The van der Waals surface area contributed by atoms with Crippen molar-refractivity contribution in [3.05, 3.63) is 82.9 Å². The summed E-state index contributed by atoms with van der Waals surface area (Å²) in [6, 6.07) is 17.8. The molecule has 0 heterocycles. The Kier molecular flexibility index (Phi) is 8.80. The number of hydrogen-bond acceptors (Lipinski definition) is 7.